The van der Waals surface area contributed by atoms with Gasteiger partial charge in [0.05, 0.1) is 5.52 Å². The number of hydrogen-bond acceptors (Lipinski definition) is 3. The number of ketones is 1. The molecule has 4 aromatic rings. The molecule has 0 saturated carbocycles. The molecule has 4 rings (SSSR count). The number of carbonyl (C=O) groups excluding carboxylic acids is 1. The number of para-hydroxylation sites is 1. The van der Waals surface area contributed by atoms with Crippen LogP contribution in [0.1, 0.15) is 25.6 Å². The van der Waals surface area contributed by atoms with Crippen LogP contribution in [0, 0.1) is 0 Å². The number of aromatic carboxylic acids is 1. The molecule has 0 spiro atoms. The lowest BCUT2D eigenvalue weighted by molar-refractivity contribution is 0.0702. The van der Waals surface area contributed by atoms with Crippen molar-refractivity contribution >= 4 is 45.6 Å². The van der Waals surface area contributed by atoms with Crippen LogP contribution in [0.25, 0.3) is 15.9 Å². The van der Waals surface area contributed by atoms with E-state index < -0.39 is 5.97 Å². The van der Waals surface area contributed by atoms with E-state index in [0.717, 1.165) is 27.2 Å². The van der Waals surface area contributed by atoms with E-state index in [1.54, 1.807) is 42.6 Å². The third kappa shape index (κ3) is 2.81. The van der Waals surface area contributed by atoms with Crippen molar-refractivity contribution in [3.05, 3.63) is 87.9 Å². The molecule has 0 bridgehead atoms. The van der Waals surface area contributed by atoms with Crippen molar-refractivity contribution < 1.29 is 14.7 Å². The summed E-state index contributed by atoms with van der Waals surface area (Å²) in [5.74, 6) is -1.09. The molecule has 0 atom stereocenters. The van der Waals surface area contributed by atoms with E-state index in [1.165, 1.54) is 0 Å². The number of thiophene rings is 1. The summed E-state index contributed by atoms with van der Waals surface area (Å²) in [5, 5.41) is 11.2. The molecule has 2 aromatic heterocycles. The minimum absolute atomic E-state index is 0.127. The van der Waals surface area contributed by atoms with Crippen molar-refractivity contribution in [2.45, 2.75) is 0 Å². The maximum absolute atomic E-state index is 13.0. The van der Waals surface area contributed by atoms with Crippen LogP contribution >= 0.6 is 22.9 Å². The van der Waals surface area contributed by atoms with E-state index in [2.05, 4.69) is 0 Å². The van der Waals surface area contributed by atoms with Gasteiger partial charge in [0.2, 0.25) is 0 Å². The number of benzene rings is 2. The second kappa shape index (κ2) is 6.44. The zero-order valence-electron chi connectivity index (χ0n) is 13.3. The summed E-state index contributed by atoms with van der Waals surface area (Å²) in [6.07, 6.45) is 1.76. The highest BCUT2D eigenvalue weighted by molar-refractivity contribution is 7.16. The van der Waals surface area contributed by atoms with E-state index in [4.69, 9.17) is 16.7 Å². The number of nitrogens with zero attached hydrogens (tertiary/aromatic N) is 1. The van der Waals surface area contributed by atoms with Gasteiger partial charge in [0, 0.05) is 27.7 Å². The SMILES string of the molecule is O=C(O)c1ccc(-n2cc(C(=O)c3cccc(Cl)c3)c3ccccc32)s1. The molecule has 4 nitrogen and oxygen atoms in total. The summed E-state index contributed by atoms with van der Waals surface area (Å²) < 4.78 is 1.85. The Kier molecular flexibility index (Phi) is 4.11. The first-order chi connectivity index (χ1) is 12.5. The van der Waals surface area contributed by atoms with Crippen LogP contribution < -0.4 is 0 Å². The molecule has 0 aliphatic carbocycles. The van der Waals surface area contributed by atoms with Gasteiger partial charge in [0.15, 0.2) is 5.78 Å². The average molecular weight is 382 g/mol. The van der Waals surface area contributed by atoms with Crippen molar-refractivity contribution in [2.75, 3.05) is 0 Å². The van der Waals surface area contributed by atoms with Crippen LogP contribution in [0.3, 0.4) is 0 Å². The lowest BCUT2D eigenvalue weighted by Crippen LogP contribution is -2.00. The summed E-state index contributed by atoms with van der Waals surface area (Å²) in [6, 6.07) is 17.7. The molecule has 26 heavy (non-hydrogen) atoms. The number of hydrogen-bond donors (Lipinski definition) is 1. The van der Waals surface area contributed by atoms with Gasteiger partial charge < -0.3 is 9.67 Å². The Bertz CT molecular complexity index is 1160. The number of carbonyl (C=O) groups is 2. The Morgan fingerprint density at radius 2 is 1.81 bits per heavy atom. The zero-order chi connectivity index (χ0) is 18.3. The predicted molar refractivity (Wildman–Crippen MR) is 103 cm³/mol. The topological polar surface area (TPSA) is 59.3 Å². The summed E-state index contributed by atoms with van der Waals surface area (Å²) in [6.45, 7) is 0. The molecule has 0 fully saturated rings. The lowest BCUT2D eigenvalue weighted by Gasteiger charge is -2.00. The standard InChI is InChI=1S/C20H12ClNO3S/c21-13-5-3-4-12(10-13)19(23)15-11-22(16-7-2-1-6-14(15)16)18-9-8-17(26-18)20(24)25/h1-11H,(H,24,25). The molecule has 128 valence electrons. The molecule has 6 heteroatoms. The van der Waals surface area contributed by atoms with E-state index in [1.807, 2.05) is 28.8 Å². The van der Waals surface area contributed by atoms with Crippen LogP contribution in [0.2, 0.25) is 5.02 Å². The number of rotatable bonds is 4. The molecule has 0 unspecified atom stereocenters. The largest absolute Gasteiger partial charge is 0.477 e. The predicted octanol–water partition coefficient (Wildman–Crippen LogP) is 5.27. The molecule has 1 N–H and O–H groups in total. The van der Waals surface area contributed by atoms with Gasteiger partial charge >= 0.3 is 5.97 Å². The van der Waals surface area contributed by atoms with E-state index in [9.17, 15) is 9.59 Å². The fourth-order valence-corrected chi connectivity index (χ4v) is 3.92. The maximum atomic E-state index is 13.0. The molecule has 0 aliphatic heterocycles. The number of fused-ring (bicyclic) bond motifs is 1. The highest BCUT2D eigenvalue weighted by atomic mass is 35.5. The summed E-state index contributed by atoms with van der Waals surface area (Å²) in [4.78, 5) is 24.4. The van der Waals surface area contributed by atoms with Gasteiger partial charge in [-0.2, -0.15) is 0 Å². The van der Waals surface area contributed by atoms with E-state index in [0.29, 0.717) is 16.1 Å². The van der Waals surface area contributed by atoms with Crippen LogP contribution in [0.15, 0.2) is 66.9 Å². The Morgan fingerprint density at radius 1 is 1.00 bits per heavy atom. The first kappa shape index (κ1) is 16.6. The highest BCUT2D eigenvalue weighted by Gasteiger charge is 2.18. The monoisotopic (exact) mass is 381 g/mol. The van der Waals surface area contributed by atoms with Crippen LogP contribution in [-0.2, 0) is 0 Å². The first-order valence-electron chi connectivity index (χ1n) is 7.78. The van der Waals surface area contributed by atoms with Gasteiger partial charge in [-0.1, -0.05) is 41.9 Å². The molecule has 0 radical (unpaired) electrons. The third-order valence-corrected chi connectivity index (χ3v) is 5.39. The minimum atomic E-state index is -0.965. The van der Waals surface area contributed by atoms with Gasteiger partial charge in [0.1, 0.15) is 9.88 Å². The van der Waals surface area contributed by atoms with Gasteiger partial charge in [-0.05, 0) is 30.3 Å². The highest BCUT2D eigenvalue weighted by Crippen LogP contribution is 2.30. The Morgan fingerprint density at radius 3 is 2.54 bits per heavy atom. The first-order valence-corrected chi connectivity index (χ1v) is 8.98. The molecular formula is C20H12ClNO3S. The Balaban J connectivity index is 1.89. The smallest absolute Gasteiger partial charge is 0.345 e. The normalized spacial score (nSPS) is 11.0. The van der Waals surface area contributed by atoms with Crippen molar-refractivity contribution in [3.63, 3.8) is 0 Å². The second-order valence-corrected chi connectivity index (χ2v) is 7.21. The van der Waals surface area contributed by atoms with Gasteiger partial charge in [-0.25, -0.2) is 4.79 Å². The summed E-state index contributed by atoms with van der Waals surface area (Å²) in [7, 11) is 0. The van der Waals surface area contributed by atoms with Crippen molar-refractivity contribution in [1.29, 1.82) is 0 Å². The Hall–Kier alpha value is -2.89. The summed E-state index contributed by atoms with van der Waals surface area (Å²) >= 11 is 7.18. The van der Waals surface area contributed by atoms with Crippen molar-refractivity contribution in [1.82, 2.24) is 4.57 Å². The summed E-state index contributed by atoms with van der Waals surface area (Å²) in [5.41, 5.74) is 1.91. The van der Waals surface area contributed by atoms with Gasteiger partial charge in [0.25, 0.3) is 0 Å². The van der Waals surface area contributed by atoms with Crippen molar-refractivity contribution in [2.24, 2.45) is 0 Å². The molecule has 2 aromatic carbocycles. The van der Waals surface area contributed by atoms with Gasteiger partial charge in [-0.3, -0.25) is 4.79 Å². The van der Waals surface area contributed by atoms with Crippen LogP contribution in [0.4, 0.5) is 0 Å². The minimum Gasteiger partial charge on any atom is -0.477 e. The van der Waals surface area contributed by atoms with Crippen LogP contribution in [0.5, 0.6) is 0 Å². The van der Waals surface area contributed by atoms with E-state index in [-0.39, 0.29) is 10.7 Å². The lowest BCUT2D eigenvalue weighted by atomic mass is 10.0. The third-order valence-electron chi connectivity index (χ3n) is 4.08. The van der Waals surface area contributed by atoms with E-state index >= 15 is 0 Å². The maximum Gasteiger partial charge on any atom is 0.345 e. The Labute approximate surface area is 157 Å². The molecular weight excluding hydrogens is 370 g/mol. The fraction of sp³-hybridized carbons (Fsp3) is 0. The second-order valence-electron chi connectivity index (χ2n) is 5.71. The average Bonchev–Trinajstić information content (AvgIpc) is 3.26. The van der Waals surface area contributed by atoms with Crippen molar-refractivity contribution in [3.8, 4) is 5.00 Å². The molecule has 0 saturated heterocycles. The molecule has 0 aliphatic rings. The number of carboxylic acids is 1. The molecule has 2 heterocycles. The fourth-order valence-electron chi connectivity index (χ4n) is 2.90. The number of halogens is 1. The van der Waals surface area contributed by atoms with Gasteiger partial charge in [-0.15, -0.1) is 11.3 Å². The molecule has 0 amide bonds. The van der Waals surface area contributed by atoms with Crippen LogP contribution in [-0.4, -0.2) is 21.4 Å². The zero-order valence-corrected chi connectivity index (χ0v) is 14.9. The number of carboxylic acid groups (broad SMARTS) is 1. The quantitative estimate of drug-likeness (QED) is 0.489. The number of aromatic nitrogens is 1.